The van der Waals surface area contributed by atoms with Gasteiger partial charge in [0, 0.05) is 11.5 Å². The van der Waals surface area contributed by atoms with E-state index in [2.05, 4.69) is 25.9 Å². The third kappa shape index (κ3) is 3.18. The van der Waals surface area contributed by atoms with Crippen molar-refractivity contribution >= 4 is 43.4 Å². The van der Waals surface area contributed by atoms with E-state index in [-0.39, 0.29) is 17.7 Å². The highest BCUT2D eigenvalue weighted by Gasteiger charge is 2.18. The van der Waals surface area contributed by atoms with E-state index in [1.165, 1.54) is 41.5 Å². The average molecular weight is 396 g/mol. The smallest absolute Gasteiger partial charge is 0.268 e. The first-order chi connectivity index (χ1) is 11.0. The summed E-state index contributed by atoms with van der Waals surface area (Å²) < 4.78 is 15.0. The van der Waals surface area contributed by atoms with Gasteiger partial charge in [-0.15, -0.1) is 11.3 Å². The zero-order chi connectivity index (χ0) is 16.6. The molecule has 2 heterocycles. The van der Waals surface area contributed by atoms with E-state index in [0.717, 1.165) is 0 Å². The molecule has 0 aliphatic carbocycles. The zero-order valence-corrected chi connectivity index (χ0v) is 14.4. The Morgan fingerprint density at radius 3 is 3.00 bits per heavy atom. The molecule has 0 aliphatic rings. The van der Waals surface area contributed by atoms with Crippen LogP contribution in [-0.2, 0) is 6.54 Å². The summed E-state index contributed by atoms with van der Waals surface area (Å²) in [5, 5.41) is 1.78. The van der Waals surface area contributed by atoms with Crippen molar-refractivity contribution in [3.05, 3.63) is 61.7 Å². The van der Waals surface area contributed by atoms with E-state index in [1.54, 1.807) is 11.4 Å². The molecule has 3 aromatic rings. The SMILES string of the molecule is CN(Cc1nc2ccsc2c(=O)[nH]1)C(=O)c1cc(Br)ccc1F. The van der Waals surface area contributed by atoms with Crippen molar-refractivity contribution in [3.8, 4) is 0 Å². The molecular weight excluding hydrogens is 385 g/mol. The molecule has 0 saturated carbocycles. The number of H-pyrrole nitrogens is 1. The predicted octanol–water partition coefficient (Wildman–Crippen LogP) is 3.16. The summed E-state index contributed by atoms with van der Waals surface area (Å²) in [6, 6.07) is 5.92. The number of hydrogen-bond donors (Lipinski definition) is 1. The van der Waals surface area contributed by atoms with Gasteiger partial charge in [-0.2, -0.15) is 0 Å². The molecule has 0 spiro atoms. The van der Waals surface area contributed by atoms with Gasteiger partial charge in [0.05, 0.1) is 17.6 Å². The van der Waals surface area contributed by atoms with E-state index < -0.39 is 11.7 Å². The Morgan fingerprint density at radius 2 is 2.22 bits per heavy atom. The molecule has 0 fully saturated rings. The fourth-order valence-corrected chi connectivity index (χ4v) is 3.25. The van der Waals surface area contributed by atoms with Gasteiger partial charge in [-0.3, -0.25) is 9.59 Å². The van der Waals surface area contributed by atoms with Crippen molar-refractivity contribution in [2.45, 2.75) is 6.54 Å². The number of nitrogens with zero attached hydrogens (tertiary/aromatic N) is 2. The van der Waals surface area contributed by atoms with Gasteiger partial charge in [-0.25, -0.2) is 9.37 Å². The quantitative estimate of drug-likeness (QED) is 0.740. The minimum absolute atomic E-state index is 0.0409. The molecule has 23 heavy (non-hydrogen) atoms. The van der Waals surface area contributed by atoms with Crippen molar-refractivity contribution in [2.24, 2.45) is 0 Å². The van der Waals surface area contributed by atoms with Gasteiger partial charge in [-0.05, 0) is 29.6 Å². The maximum absolute atomic E-state index is 13.8. The second kappa shape index (κ2) is 6.21. The van der Waals surface area contributed by atoms with Gasteiger partial charge in [0.2, 0.25) is 0 Å². The number of halogens is 2. The lowest BCUT2D eigenvalue weighted by molar-refractivity contribution is 0.0777. The maximum Gasteiger partial charge on any atom is 0.268 e. The Morgan fingerprint density at radius 1 is 1.43 bits per heavy atom. The van der Waals surface area contributed by atoms with Gasteiger partial charge in [-0.1, -0.05) is 15.9 Å². The molecule has 3 rings (SSSR count). The predicted molar refractivity (Wildman–Crippen MR) is 90.1 cm³/mol. The van der Waals surface area contributed by atoms with Crippen molar-refractivity contribution < 1.29 is 9.18 Å². The number of carbonyl (C=O) groups is 1. The molecule has 2 aromatic heterocycles. The van der Waals surface area contributed by atoms with E-state index in [1.807, 2.05) is 0 Å². The molecule has 0 saturated heterocycles. The minimum atomic E-state index is -0.597. The van der Waals surface area contributed by atoms with Gasteiger partial charge in [0.1, 0.15) is 16.3 Å². The van der Waals surface area contributed by atoms with Gasteiger partial charge >= 0.3 is 0 Å². The summed E-state index contributed by atoms with van der Waals surface area (Å²) in [6.45, 7) is 0.0752. The number of benzene rings is 1. The van der Waals surface area contributed by atoms with Gasteiger partial charge in [0.15, 0.2) is 0 Å². The summed E-state index contributed by atoms with van der Waals surface area (Å²) in [5.74, 6) is -0.733. The van der Waals surface area contributed by atoms with Crippen molar-refractivity contribution in [2.75, 3.05) is 7.05 Å². The Labute approximate surface area is 142 Å². The van der Waals surface area contributed by atoms with E-state index in [9.17, 15) is 14.0 Å². The number of fused-ring (bicyclic) bond motifs is 1. The lowest BCUT2D eigenvalue weighted by Crippen LogP contribution is -2.29. The molecule has 0 radical (unpaired) electrons. The van der Waals surface area contributed by atoms with Crippen LogP contribution in [0.4, 0.5) is 4.39 Å². The third-order valence-corrected chi connectivity index (χ3v) is 4.65. The fourth-order valence-electron chi connectivity index (χ4n) is 2.16. The number of hydrogen-bond acceptors (Lipinski definition) is 4. The van der Waals surface area contributed by atoms with E-state index in [4.69, 9.17) is 0 Å². The number of amides is 1. The van der Waals surface area contributed by atoms with E-state index >= 15 is 0 Å². The first-order valence-electron chi connectivity index (χ1n) is 6.62. The normalized spacial score (nSPS) is 10.9. The fraction of sp³-hybridized carbons (Fsp3) is 0.133. The number of carbonyl (C=O) groups excluding carboxylic acids is 1. The third-order valence-electron chi connectivity index (χ3n) is 3.26. The molecule has 1 N–H and O–H groups in total. The Bertz CT molecular complexity index is 953. The van der Waals surface area contributed by atoms with Crippen LogP contribution in [-0.4, -0.2) is 27.8 Å². The van der Waals surface area contributed by atoms with Crippen molar-refractivity contribution in [3.63, 3.8) is 0 Å². The summed E-state index contributed by atoms with van der Waals surface area (Å²) in [7, 11) is 1.53. The molecule has 1 aromatic carbocycles. The van der Waals surface area contributed by atoms with Crippen LogP contribution in [0.15, 0.2) is 38.9 Å². The zero-order valence-electron chi connectivity index (χ0n) is 12.0. The second-order valence-electron chi connectivity index (χ2n) is 4.93. The van der Waals surface area contributed by atoms with Crippen LogP contribution in [0, 0.1) is 5.82 Å². The molecule has 5 nitrogen and oxygen atoms in total. The first-order valence-corrected chi connectivity index (χ1v) is 8.30. The monoisotopic (exact) mass is 395 g/mol. The van der Waals surface area contributed by atoms with Crippen LogP contribution in [0.2, 0.25) is 0 Å². The summed E-state index contributed by atoms with van der Waals surface area (Å²) in [4.78, 5) is 32.6. The Kier molecular flexibility index (Phi) is 4.27. The number of thiophene rings is 1. The highest BCUT2D eigenvalue weighted by atomic mass is 79.9. The molecule has 0 atom stereocenters. The molecule has 0 bridgehead atoms. The van der Waals surface area contributed by atoms with Crippen LogP contribution in [0.25, 0.3) is 10.2 Å². The van der Waals surface area contributed by atoms with Crippen LogP contribution < -0.4 is 5.56 Å². The second-order valence-corrected chi connectivity index (χ2v) is 6.76. The van der Waals surface area contributed by atoms with E-state index in [0.29, 0.717) is 20.5 Å². The number of rotatable bonds is 3. The first kappa shape index (κ1) is 15.8. The highest BCUT2D eigenvalue weighted by Crippen LogP contribution is 2.18. The molecule has 0 aliphatic heterocycles. The summed E-state index contributed by atoms with van der Waals surface area (Å²) in [6.07, 6.45) is 0. The van der Waals surface area contributed by atoms with Crippen molar-refractivity contribution in [1.82, 2.24) is 14.9 Å². The molecule has 118 valence electrons. The molecular formula is C15H11BrFN3O2S. The van der Waals surface area contributed by atoms with Crippen LogP contribution in [0.1, 0.15) is 16.2 Å². The standard InChI is InChI=1S/C15H11BrFN3O2S/c1-20(15(22)9-6-8(16)2-3-10(9)17)7-12-18-11-4-5-23-13(11)14(21)19-12/h2-6H,7H2,1H3,(H,18,19,21). The lowest BCUT2D eigenvalue weighted by atomic mass is 10.2. The highest BCUT2D eigenvalue weighted by molar-refractivity contribution is 9.10. The number of aromatic nitrogens is 2. The Balaban J connectivity index is 1.87. The van der Waals surface area contributed by atoms with Crippen LogP contribution >= 0.6 is 27.3 Å². The number of aromatic amines is 1. The topological polar surface area (TPSA) is 66.1 Å². The van der Waals surface area contributed by atoms with Crippen molar-refractivity contribution in [1.29, 1.82) is 0 Å². The largest absolute Gasteiger partial charge is 0.334 e. The maximum atomic E-state index is 13.8. The summed E-state index contributed by atoms with van der Waals surface area (Å²) >= 11 is 4.52. The molecule has 8 heteroatoms. The average Bonchev–Trinajstić information content (AvgIpc) is 2.98. The molecule has 1 amide bonds. The lowest BCUT2D eigenvalue weighted by Gasteiger charge is -2.17. The van der Waals surface area contributed by atoms with Crippen LogP contribution in [0.3, 0.4) is 0 Å². The van der Waals surface area contributed by atoms with Gasteiger partial charge < -0.3 is 9.88 Å². The summed E-state index contributed by atoms with van der Waals surface area (Å²) in [5.41, 5.74) is 0.304. The van der Waals surface area contributed by atoms with Gasteiger partial charge in [0.25, 0.3) is 11.5 Å². The molecule has 0 unspecified atom stereocenters. The van der Waals surface area contributed by atoms with Crippen LogP contribution in [0.5, 0.6) is 0 Å². The Hall–Kier alpha value is -2.06. The minimum Gasteiger partial charge on any atom is -0.334 e. The number of nitrogens with one attached hydrogen (secondary N) is 1.